The Morgan fingerprint density at radius 2 is 1.76 bits per heavy atom. The summed E-state index contributed by atoms with van der Waals surface area (Å²) in [5, 5.41) is 0. The smallest absolute Gasteiger partial charge is 0.207 e. The van der Waals surface area contributed by atoms with Crippen LogP contribution in [0.4, 0.5) is 0 Å². The summed E-state index contributed by atoms with van der Waals surface area (Å²) >= 11 is 0. The number of hydrogen-bond acceptors (Lipinski definition) is 2. The van der Waals surface area contributed by atoms with Gasteiger partial charge in [-0.1, -0.05) is 62.6 Å². The summed E-state index contributed by atoms with van der Waals surface area (Å²) < 4.78 is 27.1. The zero-order valence-corrected chi connectivity index (χ0v) is 13.7. The van der Waals surface area contributed by atoms with E-state index in [9.17, 15) is 8.42 Å². The van der Waals surface area contributed by atoms with Crippen molar-refractivity contribution in [3.63, 3.8) is 0 Å². The van der Waals surface area contributed by atoms with Gasteiger partial charge in [-0.05, 0) is 25.5 Å². The van der Waals surface area contributed by atoms with Crippen LogP contribution < -0.4 is 4.72 Å². The SMILES string of the molecule is C#CC(CCCCCCC)NS(=O)(=O)c1ccc(C)cc1. The highest BCUT2D eigenvalue weighted by Crippen LogP contribution is 2.13. The fourth-order valence-electron chi connectivity index (χ4n) is 2.10. The van der Waals surface area contributed by atoms with Crippen LogP contribution in [0.15, 0.2) is 29.2 Å². The third-order valence-corrected chi connectivity index (χ3v) is 4.91. The molecule has 0 spiro atoms. The summed E-state index contributed by atoms with van der Waals surface area (Å²) in [5.74, 6) is 2.54. The minimum absolute atomic E-state index is 0.263. The van der Waals surface area contributed by atoms with Gasteiger partial charge in [0.05, 0.1) is 10.9 Å². The molecule has 0 aromatic heterocycles. The van der Waals surface area contributed by atoms with Crippen LogP contribution >= 0.6 is 0 Å². The van der Waals surface area contributed by atoms with Gasteiger partial charge in [0.2, 0.25) is 10.0 Å². The summed E-state index contributed by atoms with van der Waals surface area (Å²) in [4.78, 5) is 0.263. The quantitative estimate of drug-likeness (QED) is 0.559. The van der Waals surface area contributed by atoms with Gasteiger partial charge in [-0.15, -0.1) is 6.42 Å². The molecular formula is C17H25NO2S. The zero-order valence-electron chi connectivity index (χ0n) is 12.9. The van der Waals surface area contributed by atoms with Gasteiger partial charge in [-0.3, -0.25) is 0 Å². The van der Waals surface area contributed by atoms with Crippen molar-refractivity contribution < 1.29 is 8.42 Å². The molecule has 1 rings (SSSR count). The first-order chi connectivity index (χ1) is 9.99. The van der Waals surface area contributed by atoms with Crippen molar-refractivity contribution in [2.45, 2.75) is 63.3 Å². The van der Waals surface area contributed by atoms with Gasteiger partial charge in [-0.25, -0.2) is 8.42 Å². The van der Waals surface area contributed by atoms with E-state index in [2.05, 4.69) is 17.6 Å². The summed E-state index contributed by atoms with van der Waals surface area (Å²) in [6, 6.07) is 6.34. The van der Waals surface area contributed by atoms with E-state index in [1.165, 1.54) is 19.3 Å². The predicted molar refractivity (Wildman–Crippen MR) is 87.5 cm³/mol. The Kier molecular flexibility index (Phi) is 7.49. The molecule has 1 aromatic carbocycles. The molecule has 0 saturated carbocycles. The maximum Gasteiger partial charge on any atom is 0.241 e. The molecule has 1 N–H and O–H groups in total. The molecule has 0 heterocycles. The van der Waals surface area contributed by atoms with Crippen LogP contribution in [0.2, 0.25) is 0 Å². The standard InChI is InChI=1S/C17H25NO2S/c1-4-6-7-8-9-10-16(5-2)18-21(19,20)17-13-11-15(3)12-14-17/h2,11-14,16,18H,4,6-10H2,1,3H3. The van der Waals surface area contributed by atoms with Crippen molar-refractivity contribution in [1.82, 2.24) is 4.72 Å². The molecule has 1 atom stereocenters. The molecule has 1 aromatic rings. The first-order valence-corrected chi connectivity index (χ1v) is 9.03. The highest BCUT2D eigenvalue weighted by molar-refractivity contribution is 7.89. The fourth-order valence-corrected chi connectivity index (χ4v) is 3.29. The summed E-state index contributed by atoms with van der Waals surface area (Å²) in [6.07, 6.45) is 11.8. The third kappa shape index (κ3) is 6.33. The van der Waals surface area contributed by atoms with Gasteiger partial charge in [0.15, 0.2) is 0 Å². The fraction of sp³-hybridized carbons (Fsp3) is 0.529. The van der Waals surface area contributed by atoms with E-state index in [-0.39, 0.29) is 4.90 Å². The Balaban J connectivity index is 2.55. The Morgan fingerprint density at radius 3 is 2.33 bits per heavy atom. The van der Waals surface area contributed by atoms with Crippen molar-refractivity contribution in [3.8, 4) is 12.3 Å². The molecule has 1 unspecified atom stereocenters. The van der Waals surface area contributed by atoms with E-state index < -0.39 is 16.1 Å². The number of sulfonamides is 1. The van der Waals surface area contributed by atoms with Crippen LogP contribution in [0.1, 0.15) is 51.0 Å². The van der Waals surface area contributed by atoms with Gasteiger partial charge in [0.25, 0.3) is 0 Å². The van der Waals surface area contributed by atoms with E-state index >= 15 is 0 Å². The van der Waals surface area contributed by atoms with Gasteiger partial charge < -0.3 is 0 Å². The predicted octanol–water partition coefficient (Wildman–Crippen LogP) is 3.64. The maximum atomic E-state index is 12.2. The average molecular weight is 307 g/mol. The zero-order chi connectivity index (χ0) is 15.7. The van der Waals surface area contributed by atoms with Crippen molar-refractivity contribution in [1.29, 1.82) is 0 Å². The molecule has 0 fully saturated rings. The van der Waals surface area contributed by atoms with Crippen molar-refractivity contribution in [3.05, 3.63) is 29.8 Å². The number of rotatable bonds is 9. The largest absolute Gasteiger partial charge is 0.241 e. The Labute approximate surface area is 129 Å². The molecule has 3 nitrogen and oxygen atoms in total. The first kappa shape index (κ1) is 17.7. The molecule has 4 heteroatoms. The maximum absolute atomic E-state index is 12.2. The van der Waals surface area contributed by atoms with E-state index in [0.717, 1.165) is 18.4 Å². The molecule has 0 saturated heterocycles. The normalized spacial score (nSPS) is 12.8. The molecular weight excluding hydrogens is 282 g/mol. The second-order valence-electron chi connectivity index (χ2n) is 5.36. The number of unbranched alkanes of at least 4 members (excludes halogenated alkanes) is 4. The lowest BCUT2D eigenvalue weighted by Gasteiger charge is -2.13. The average Bonchev–Trinajstić information content (AvgIpc) is 2.46. The van der Waals surface area contributed by atoms with E-state index in [1.807, 2.05) is 6.92 Å². The van der Waals surface area contributed by atoms with E-state index in [0.29, 0.717) is 6.42 Å². The number of aryl methyl sites for hydroxylation is 1. The molecule has 0 radical (unpaired) electrons. The molecule has 21 heavy (non-hydrogen) atoms. The summed E-state index contributed by atoms with van der Waals surface area (Å²) in [5.41, 5.74) is 1.03. The topological polar surface area (TPSA) is 46.2 Å². The first-order valence-electron chi connectivity index (χ1n) is 7.54. The highest BCUT2D eigenvalue weighted by atomic mass is 32.2. The van der Waals surface area contributed by atoms with Crippen molar-refractivity contribution >= 4 is 10.0 Å². The second-order valence-corrected chi connectivity index (χ2v) is 7.07. The summed E-state index contributed by atoms with van der Waals surface area (Å²) in [6.45, 7) is 4.09. The number of benzene rings is 1. The second kappa shape index (κ2) is 8.86. The lowest BCUT2D eigenvalue weighted by atomic mass is 10.1. The van der Waals surface area contributed by atoms with Crippen LogP contribution in [-0.2, 0) is 10.0 Å². The molecule has 116 valence electrons. The Bertz CT molecular complexity index is 555. The van der Waals surface area contributed by atoms with E-state index in [4.69, 9.17) is 6.42 Å². The van der Waals surface area contributed by atoms with Crippen molar-refractivity contribution in [2.24, 2.45) is 0 Å². The molecule has 0 bridgehead atoms. The van der Waals surface area contributed by atoms with Crippen LogP contribution in [0.5, 0.6) is 0 Å². The highest BCUT2D eigenvalue weighted by Gasteiger charge is 2.18. The van der Waals surface area contributed by atoms with E-state index in [1.54, 1.807) is 24.3 Å². The Morgan fingerprint density at radius 1 is 1.14 bits per heavy atom. The van der Waals surface area contributed by atoms with Crippen molar-refractivity contribution in [2.75, 3.05) is 0 Å². The number of nitrogens with one attached hydrogen (secondary N) is 1. The minimum Gasteiger partial charge on any atom is -0.207 e. The van der Waals surface area contributed by atoms with Crippen LogP contribution in [-0.4, -0.2) is 14.5 Å². The van der Waals surface area contributed by atoms with Crippen LogP contribution in [0.25, 0.3) is 0 Å². The van der Waals surface area contributed by atoms with Gasteiger partial charge in [0.1, 0.15) is 0 Å². The molecule has 0 aliphatic rings. The molecule has 0 amide bonds. The number of terminal acetylenes is 1. The monoisotopic (exact) mass is 307 g/mol. The lowest BCUT2D eigenvalue weighted by Crippen LogP contribution is -2.33. The van der Waals surface area contributed by atoms with Gasteiger partial charge in [0, 0.05) is 0 Å². The third-order valence-electron chi connectivity index (χ3n) is 3.43. The molecule has 0 aliphatic heterocycles. The minimum atomic E-state index is -3.53. The molecule has 0 aliphatic carbocycles. The van der Waals surface area contributed by atoms with Crippen LogP contribution in [0.3, 0.4) is 0 Å². The van der Waals surface area contributed by atoms with Gasteiger partial charge >= 0.3 is 0 Å². The Hall–Kier alpha value is -1.31. The number of hydrogen-bond donors (Lipinski definition) is 1. The van der Waals surface area contributed by atoms with Crippen LogP contribution in [0, 0.1) is 19.3 Å². The summed E-state index contributed by atoms with van der Waals surface area (Å²) in [7, 11) is -3.53. The lowest BCUT2D eigenvalue weighted by molar-refractivity contribution is 0.544. The van der Waals surface area contributed by atoms with Gasteiger partial charge in [-0.2, -0.15) is 4.72 Å².